The molecule has 3 rings (SSSR count). The van der Waals surface area contributed by atoms with Crippen molar-refractivity contribution in [1.82, 2.24) is 10.3 Å². The van der Waals surface area contributed by atoms with Crippen molar-refractivity contribution < 1.29 is 9.53 Å². The van der Waals surface area contributed by atoms with E-state index in [9.17, 15) is 4.79 Å². The standard InChI is InChI=1S/C19H26N2O2/c1-11(2)16-17-13(12-8-6-7-9-14(12)20-17)10-15(21-16)18(22)23-19(3,4)5/h6-9,11,15-16,20-21H,10H2,1-5H3. The largest absolute Gasteiger partial charge is 0.459 e. The summed E-state index contributed by atoms with van der Waals surface area (Å²) in [6.45, 7) is 10.1. The van der Waals surface area contributed by atoms with Gasteiger partial charge in [-0.05, 0) is 38.3 Å². The summed E-state index contributed by atoms with van der Waals surface area (Å²) in [7, 11) is 0. The Labute approximate surface area is 137 Å². The third-order valence-corrected chi connectivity index (χ3v) is 4.30. The fourth-order valence-electron chi connectivity index (χ4n) is 3.32. The van der Waals surface area contributed by atoms with Crippen LogP contribution >= 0.6 is 0 Å². The third kappa shape index (κ3) is 3.13. The Morgan fingerprint density at radius 1 is 1.26 bits per heavy atom. The molecule has 1 aromatic heterocycles. The van der Waals surface area contributed by atoms with Gasteiger partial charge in [0, 0.05) is 23.0 Å². The van der Waals surface area contributed by atoms with Crippen LogP contribution in [0.5, 0.6) is 0 Å². The zero-order chi connectivity index (χ0) is 16.8. The van der Waals surface area contributed by atoms with Gasteiger partial charge in [0.1, 0.15) is 11.6 Å². The zero-order valence-electron chi connectivity index (χ0n) is 14.6. The van der Waals surface area contributed by atoms with Crippen molar-refractivity contribution in [3.05, 3.63) is 35.5 Å². The van der Waals surface area contributed by atoms with E-state index in [-0.39, 0.29) is 18.1 Å². The maximum absolute atomic E-state index is 12.6. The molecule has 0 bridgehead atoms. The van der Waals surface area contributed by atoms with E-state index in [0.717, 1.165) is 5.52 Å². The first-order chi connectivity index (χ1) is 10.8. The molecule has 1 aliphatic rings. The Hall–Kier alpha value is -1.81. The summed E-state index contributed by atoms with van der Waals surface area (Å²) >= 11 is 0. The van der Waals surface area contributed by atoms with Crippen LogP contribution in [-0.4, -0.2) is 22.6 Å². The average Bonchev–Trinajstić information content (AvgIpc) is 2.82. The average molecular weight is 314 g/mol. The second-order valence-electron chi connectivity index (χ2n) is 7.74. The van der Waals surface area contributed by atoms with Gasteiger partial charge in [0.15, 0.2) is 0 Å². The smallest absolute Gasteiger partial charge is 0.324 e. The van der Waals surface area contributed by atoms with Crippen molar-refractivity contribution >= 4 is 16.9 Å². The highest BCUT2D eigenvalue weighted by atomic mass is 16.6. The molecule has 0 fully saturated rings. The summed E-state index contributed by atoms with van der Waals surface area (Å²) in [5, 5.41) is 4.70. The van der Waals surface area contributed by atoms with Crippen LogP contribution in [0.1, 0.15) is 51.9 Å². The van der Waals surface area contributed by atoms with E-state index in [1.807, 2.05) is 32.9 Å². The van der Waals surface area contributed by atoms with Crippen molar-refractivity contribution in [3.63, 3.8) is 0 Å². The molecule has 124 valence electrons. The monoisotopic (exact) mass is 314 g/mol. The van der Waals surface area contributed by atoms with Crippen LogP contribution < -0.4 is 5.32 Å². The number of H-pyrrole nitrogens is 1. The molecular weight excluding hydrogens is 288 g/mol. The number of esters is 1. The number of benzene rings is 1. The molecular formula is C19H26N2O2. The van der Waals surface area contributed by atoms with Crippen LogP contribution in [0.2, 0.25) is 0 Å². The lowest BCUT2D eigenvalue weighted by Gasteiger charge is -2.34. The number of hydrogen-bond donors (Lipinski definition) is 2. The quantitative estimate of drug-likeness (QED) is 0.831. The predicted molar refractivity (Wildman–Crippen MR) is 92.4 cm³/mol. The molecule has 1 aromatic carbocycles. The Balaban J connectivity index is 1.99. The summed E-state index contributed by atoms with van der Waals surface area (Å²) in [6.07, 6.45) is 0.664. The Morgan fingerprint density at radius 3 is 2.61 bits per heavy atom. The van der Waals surface area contributed by atoms with E-state index in [4.69, 9.17) is 4.74 Å². The minimum Gasteiger partial charge on any atom is -0.459 e. The Kier molecular flexibility index (Phi) is 3.96. The number of ether oxygens (including phenoxy) is 1. The lowest BCUT2D eigenvalue weighted by molar-refractivity contribution is -0.158. The maximum atomic E-state index is 12.6. The summed E-state index contributed by atoms with van der Waals surface area (Å²) in [6, 6.07) is 8.13. The third-order valence-electron chi connectivity index (χ3n) is 4.30. The number of aromatic nitrogens is 1. The van der Waals surface area contributed by atoms with E-state index in [2.05, 4.69) is 36.3 Å². The van der Waals surface area contributed by atoms with Crippen LogP contribution in [0, 0.1) is 5.92 Å². The molecule has 0 radical (unpaired) electrons. The van der Waals surface area contributed by atoms with Gasteiger partial charge in [0.25, 0.3) is 0 Å². The van der Waals surface area contributed by atoms with E-state index in [0.29, 0.717) is 12.3 Å². The first-order valence-corrected chi connectivity index (χ1v) is 8.34. The molecule has 0 saturated heterocycles. The Morgan fingerprint density at radius 2 is 1.96 bits per heavy atom. The normalized spacial score (nSPS) is 21.5. The van der Waals surface area contributed by atoms with Gasteiger partial charge in [-0.2, -0.15) is 0 Å². The molecule has 2 heterocycles. The lowest BCUT2D eigenvalue weighted by Crippen LogP contribution is -2.48. The second kappa shape index (κ2) is 5.68. The molecule has 0 amide bonds. The molecule has 2 atom stereocenters. The number of hydrogen-bond acceptors (Lipinski definition) is 3. The number of carbonyl (C=O) groups is 1. The lowest BCUT2D eigenvalue weighted by atomic mass is 9.88. The van der Waals surface area contributed by atoms with Gasteiger partial charge in [-0.3, -0.25) is 10.1 Å². The van der Waals surface area contributed by atoms with Crippen molar-refractivity contribution in [3.8, 4) is 0 Å². The van der Waals surface area contributed by atoms with Gasteiger partial charge in [-0.1, -0.05) is 32.0 Å². The number of fused-ring (bicyclic) bond motifs is 3. The number of aromatic amines is 1. The minimum atomic E-state index is -0.466. The molecule has 0 spiro atoms. The topological polar surface area (TPSA) is 54.1 Å². The van der Waals surface area contributed by atoms with Crippen molar-refractivity contribution in [1.29, 1.82) is 0 Å². The van der Waals surface area contributed by atoms with Crippen LogP contribution in [-0.2, 0) is 16.0 Å². The zero-order valence-corrected chi connectivity index (χ0v) is 14.6. The number of para-hydroxylation sites is 1. The van der Waals surface area contributed by atoms with Crippen LogP contribution in [0.4, 0.5) is 0 Å². The van der Waals surface area contributed by atoms with Gasteiger partial charge < -0.3 is 9.72 Å². The van der Waals surface area contributed by atoms with Crippen molar-refractivity contribution in [2.24, 2.45) is 5.92 Å². The SMILES string of the molecule is CC(C)C1NC(C(=O)OC(C)(C)C)Cc2c1[nH]c1ccccc21. The number of carbonyl (C=O) groups excluding carboxylic acids is 1. The summed E-state index contributed by atoms with van der Waals surface area (Å²) in [4.78, 5) is 16.1. The summed E-state index contributed by atoms with van der Waals surface area (Å²) in [5.74, 6) is 0.214. The van der Waals surface area contributed by atoms with Gasteiger partial charge >= 0.3 is 5.97 Å². The first kappa shape index (κ1) is 16.1. The summed E-state index contributed by atoms with van der Waals surface area (Å²) in [5.41, 5.74) is 3.12. The molecule has 1 aliphatic heterocycles. The molecule has 4 heteroatoms. The molecule has 0 saturated carbocycles. The number of nitrogens with one attached hydrogen (secondary N) is 2. The molecule has 2 aromatic rings. The van der Waals surface area contributed by atoms with E-state index < -0.39 is 5.60 Å². The van der Waals surface area contributed by atoms with Crippen molar-refractivity contribution in [2.75, 3.05) is 0 Å². The summed E-state index contributed by atoms with van der Waals surface area (Å²) < 4.78 is 5.60. The fourth-order valence-corrected chi connectivity index (χ4v) is 3.32. The molecule has 2 unspecified atom stereocenters. The molecule has 23 heavy (non-hydrogen) atoms. The van der Waals surface area contributed by atoms with Crippen LogP contribution in [0.3, 0.4) is 0 Å². The number of rotatable bonds is 2. The van der Waals surface area contributed by atoms with Gasteiger partial charge in [-0.25, -0.2) is 0 Å². The second-order valence-corrected chi connectivity index (χ2v) is 7.74. The maximum Gasteiger partial charge on any atom is 0.324 e. The van der Waals surface area contributed by atoms with Gasteiger partial charge in [-0.15, -0.1) is 0 Å². The predicted octanol–water partition coefficient (Wildman–Crippen LogP) is 3.72. The first-order valence-electron chi connectivity index (χ1n) is 8.34. The molecule has 0 aliphatic carbocycles. The molecule has 4 nitrogen and oxygen atoms in total. The highest BCUT2D eigenvalue weighted by Gasteiger charge is 2.36. The minimum absolute atomic E-state index is 0.128. The van der Waals surface area contributed by atoms with Crippen molar-refractivity contribution in [2.45, 2.75) is 58.7 Å². The van der Waals surface area contributed by atoms with Crippen LogP contribution in [0.25, 0.3) is 10.9 Å². The highest BCUT2D eigenvalue weighted by Crippen LogP contribution is 2.35. The van der Waals surface area contributed by atoms with E-state index in [1.165, 1.54) is 16.6 Å². The Bertz CT molecular complexity index is 725. The van der Waals surface area contributed by atoms with Crippen LogP contribution in [0.15, 0.2) is 24.3 Å². The van der Waals surface area contributed by atoms with Gasteiger partial charge in [0.05, 0.1) is 6.04 Å². The van der Waals surface area contributed by atoms with E-state index >= 15 is 0 Å². The highest BCUT2D eigenvalue weighted by molar-refractivity contribution is 5.87. The fraction of sp³-hybridized carbons (Fsp3) is 0.526. The van der Waals surface area contributed by atoms with Gasteiger partial charge in [0.2, 0.25) is 0 Å². The molecule has 2 N–H and O–H groups in total. The van der Waals surface area contributed by atoms with E-state index in [1.54, 1.807) is 0 Å².